The molecule has 1 aromatic rings. The Morgan fingerprint density at radius 1 is 1.36 bits per heavy atom. The minimum Gasteiger partial charge on any atom is -0.352 e. The highest BCUT2D eigenvalue weighted by molar-refractivity contribution is 7.90. The number of amides is 1. The first kappa shape index (κ1) is 20.1. The van der Waals surface area contributed by atoms with Gasteiger partial charge in [0.2, 0.25) is 26.0 Å². The molecular formula is C14H20ClN3O5S2. The topological polar surface area (TPSA) is 127 Å². The Balaban J connectivity index is 2.33. The van der Waals surface area contributed by atoms with E-state index in [9.17, 15) is 21.6 Å². The number of hydrogen-bond donors (Lipinski definition) is 2. The molecule has 0 aromatic heterocycles. The van der Waals surface area contributed by atoms with Gasteiger partial charge in [0.05, 0.1) is 9.92 Å². The van der Waals surface area contributed by atoms with Crippen LogP contribution in [0, 0.1) is 0 Å². The van der Waals surface area contributed by atoms with Crippen LogP contribution in [-0.4, -0.2) is 46.2 Å². The highest BCUT2D eigenvalue weighted by Gasteiger charge is 2.32. The standard InChI is InChI=1S/C14H20ClN3O5S2/c1-2-14(19)17-10-4-3-7-18(9-10)25(22,23)13-8-11(24(16,20)21)5-6-12(13)15/h5-6,8,10H,2-4,7,9H2,1H3,(H,17,19)(H2,16,20,21). The quantitative estimate of drug-likeness (QED) is 0.738. The predicted molar refractivity (Wildman–Crippen MR) is 93.0 cm³/mol. The summed E-state index contributed by atoms with van der Waals surface area (Å²) in [6.07, 6.45) is 1.55. The SMILES string of the molecule is CCC(=O)NC1CCCN(S(=O)(=O)c2cc(S(N)(=O)=O)ccc2Cl)C1. The fourth-order valence-electron chi connectivity index (χ4n) is 2.61. The lowest BCUT2D eigenvalue weighted by Gasteiger charge is -2.32. The van der Waals surface area contributed by atoms with Crippen LogP contribution in [0.4, 0.5) is 0 Å². The second kappa shape index (κ2) is 7.58. The Labute approximate surface area is 152 Å². The van der Waals surface area contributed by atoms with Crippen LogP contribution < -0.4 is 10.5 Å². The third-order valence-electron chi connectivity index (χ3n) is 3.92. The number of nitrogens with two attached hydrogens (primary N) is 1. The molecular weight excluding hydrogens is 390 g/mol. The van der Waals surface area contributed by atoms with E-state index in [0.717, 1.165) is 12.1 Å². The van der Waals surface area contributed by atoms with Crippen LogP contribution >= 0.6 is 11.6 Å². The molecule has 1 amide bonds. The van der Waals surface area contributed by atoms with E-state index in [1.165, 1.54) is 10.4 Å². The second-order valence-electron chi connectivity index (χ2n) is 5.76. The Kier molecular flexibility index (Phi) is 6.10. The Morgan fingerprint density at radius 3 is 2.64 bits per heavy atom. The first-order valence-electron chi connectivity index (χ1n) is 7.67. The van der Waals surface area contributed by atoms with Crippen molar-refractivity contribution in [1.29, 1.82) is 0 Å². The van der Waals surface area contributed by atoms with Gasteiger partial charge in [-0.25, -0.2) is 22.0 Å². The number of hydrogen-bond acceptors (Lipinski definition) is 5. The van der Waals surface area contributed by atoms with Crippen molar-refractivity contribution in [2.24, 2.45) is 5.14 Å². The van der Waals surface area contributed by atoms with Gasteiger partial charge >= 0.3 is 0 Å². The van der Waals surface area contributed by atoms with Crippen molar-refractivity contribution in [1.82, 2.24) is 9.62 Å². The highest BCUT2D eigenvalue weighted by atomic mass is 35.5. The number of carbonyl (C=O) groups is 1. The van der Waals surface area contributed by atoms with Crippen LogP contribution in [0.3, 0.4) is 0 Å². The summed E-state index contributed by atoms with van der Waals surface area (Å²) >= 11 is 5.98. The minimum absolute atomic E-state index is 0.0906. The molecule has 0 spiro atoms. The fraction of sp³-hybridized carbons (Fsp3) is 0.500. The summed E-state index contributed by atoms with van der Waals surface area (Å²) < 4.78 is 49.9. The van der Waals surface area contributed by atoms with Crippen molar-refractivity contribution in [3.8, 4) is 0 Å². The van der Waals surface area contributed by atoms with Crippen molar-refractivity contribution in [2.45, 2.75) is 42.0 Å². The van der Waals surface area contributed by atoms with Gasteiger partial charge in [-0.15, -0.1) is 0 Å². The summed E-state index contributed by atoms with van der Waals surface area (Å²) in [6.45, 7) is 2.08. The van der Waals surface area contributed by atoms with Gasteiger partial charge in [-0.2, -0.15) is 4.31 Å². The maximum atomic E-state index is 12.9. The van der Waals surface area contributed by atoms with Crippen LogP contribution in [0.15, 0.2) is 28.0 Å². The summed E-state index contributed by atoms with van der Waals surface area (Å²) in [6, 6.07) is 3.00. The van der Waals surface area contributed by atoms with E-state index in [4.69, 9.17) is 16.7 Å². The zero-order valence-electron chi connectivity index (χ0n) is 13.6. The van der Waals surface area contributed by atoms with Gasteiger partial charge < -0.3 is 5.32 Å². The molecule has 0 aliphatic carbocycles. The number of primary sulfonamides is 1. The molecule has 0 bridgehead atoms. The van der Waals surface area contributed by atoms with Crippen molar-refractivity contribution >= 4 is 37.6 Å². The van der Waals surface area contributed by atoms with Crippen molar-refractivity contribution < 1.29 is 21.6 Å². The number of nitrogens with one attached hydrogen (secondary N) is 1. The van der Waals surface area contributed by atoms with E-state index in [0.29, 0.717) is 19.3 Å². The van der Waals surface area contributed by atoms with Gasteiger partial charge in [-0.1, -0.05) is 18.5 Å². The molecule has 8 nitrogen and oxygen atoms in total. The molecule has 25 heavy (non-hydrogen) atoms. The molecule has 3 N–H and O–H groups in total. The molecule has 1 aliphatic heterocycles. The van der Waals surface area contributed by atoms with E-state index in [1.807, 2.05) is 0 Å². The molecule has 1 aliphatic rings. The van der Waals surface area contributed by atoms with E-state index in [-0.39, 0.29) is 39.9 Å². The molecule has 1 unspecified atom stereocenters. The van der Waals surface area contributed by atoms with Crippen molar-refractivity contribution in [3.05, 3.63) is 23.2 Å². The number of benzene rings is 1. The lowest BCUT2D eigenvalue weighted by atomic mass is 10.1. The summed E-state index contributed by atoms with van der Waals surface area (Å²) in [5.41, 5.74) is 0. The average Bonchev–Trinajstić information content (AvgIpc) is 2.54. The first-order chi connectivity index (χ1) is 11.6. The Bertz CT molecular complexity index is 870. The molecule has 0 saturated carbocycles. The van der Waals surface area contributed by atoms with Gasteiger partial charge in [0.1, 0.15) is 4.90 Å². The van der Waals surface area contributed by atoms with E-state index < -0.39 is 20.0 Å². The van der Waals surface area contributed by atoms with Gasteiger partial charge in [0.25, 0.3) is 0 Å². The van der Waals surface area contributed by atoms with Crippen LogP contribution in [-0.2, 0) is 24.8 Å². The van der Waals surface area contributed by atoms with Crippen LogP contribution in [0.1, 0.15) is 26.2 Å². The van der Waals surface area contributed by atoms with Crippen LogP contribution in [0.2, 0.25) is 5.02 Å². The van der Waals surface area contributed by atoms with Gasteiger partial charge in [0, 0.05) is 25.6 Å². The molecule has 11 heteroatoms. The first-order valence-corrected chi connectivity index (χ1v) is 11.0. The third kappa shape index (κ3) is 4.70. The lowest BCUT2D eigenvalue weighted by molar-refractivity contribution is -0.121. The number of halogens is 1. The van der Waals surface area contributed by atoms with Gasteiger partial charge in [-0.05, 0) is 31.0 Å². The maximum absolute atomic E-state index is 12.9. The van der Waals surface area contributed by atoms with Crippen molar-refractivity contribution in [3.63, 3.8) is 0 Å². The highest BCUT2D eigenvalue weighted by Crippen LogP contribution is 2.29. The van der Waals surface area contributed by atoms with E-state index in [2.05, 4.69) is 5.32 Å². The molecule has 1 aromatic carbocycles. The van der Waals surface area contributed by atoms with Gasteiger partial charge in [0.15, 0.2) is 0 Å². The number of nitrogens with zero attached hydrogens (tertiary/aromatic N) is 1. The summed E-state index contributed by atoms with van der Waals surface area (Å²) in [7, 11) is -8.08. The molecule has 2 rings (SSSR count). The predicted octanol–water partition coefficient (Wildman–Crippen LogP) is 0.667. The van der Waals surface area contributed by atoms with Gasteiger partial charge in [-0.3, -0.25) is 4.79 Å². The average molecular weight is 410 g/mol. The molecule has 1 atom stereocenters. The molecule has 0 radical (unpaired) electrons. The van der Waals surface area contributed by atoms with Crippen LogP contribution in [0.25, 0.3) is 0 Å². The minimum atomic E-state index is -4.06. The van der Waals surface area contributed by atoms with E-state index in [1.54, 1.807) is 6.92 Å². The second-order valence-corrected chi connectivity index (χ2v) is 9.64. The summed E-state index contributed by atoms with van der Waals surface area (Å²) in [5, 5.41) is 7.75. The number of piperidine rings is 1. The lowest BCUT2D eigenvalue weighted by Crippen LogP contribution is -2.49. The zero-order valence-corrected chi connectivity index (χ0v) is 16.0. The molecule has 140 valence electrons. The third-order valence-corrected chi connectivity index (χ3v) is 7.18. The normalized spacial score (nSPS) is 19.6. The maximum Gasteiger partial charge on any atom is 0.244 e. The number of sulfonamides is 2. The number of rotatable bonds is 5. The zero-order chi connectivity index (χ0) is 18.8. The fourth-order valence-corrected chi connectivity index (χ4v) is 5.24. The monoisotopic (exact) mass is 409 g/mol. The van der Waals surface area contributed by atoms with Crippen molar-refractivity contribution in [2.75, 3.05) is 13.1 Å². The summed E-state index contributed by atoms with van der Waals surface area (Å²) in [5.74, 6) is -0.154. The Hall–Kier alpha value is -1.20. The largest absolute Gasteiger partial charge is 0.352 e. The smallest absolute Gasteiger partial charge is 0.244 e. The molecule has 1 heterocycles. The van der Waals surface area contributed by atoms with E-state index >= 15 is 0 Å². The van der Waals surface area contributed by atoms with Crippen LogP contribution in [0.5, 0.6) is 0 Å². The summed E-state index contributed by atoms with van der Waals surface area (Å²) in [4.78, 5) is 10.9. The Morgan fingerprint density at radius 2 is 2.04 bits per heavy atom. The molecule has 1 fully saturated rings. The molecule has 1 saturated heterocycles. The number of carbonyl (C=O) groups excluding carboxylic acids is 1.